The number of benzene rings is 6. The summed E-state index contributed by atoms with van der Waals surface area (Å²) in [6.45, 7) is 0. The van der Waals surface area contributed by atoms with Crippen molar-refractivity contribution in [3.63, 3.8) is 0 Å². The minimum absolute atomic E-state index is 0.649. The van der Waals surface area contributed by atoms with Crippen molar-refractivity contribution in [2.75, 3.05) is 0 Å². The predicted molar refractivity (Wildman–Crippen MR) is 202 cm³/mol. The van der Waals surface area contributed by atoms with E-state index < -0.39 is 0 Å². The lowest BCUT2D eigenvalue weighted by atomic mass is 9.94. The topological polar surface area (TPSA) is 65.0 Å². The molecule has 0 fully saturated rings. The molecule has 10 rings (SSSR count). The van der Waals surface area contributed by atoms with Crippen LogP contribution in [0.25, 0.3) is 100 Å². The van der Waals surface area contributed by atoms with Gasteiger partial charge < -0.3 is 8.83 Å². The Labute approximate surface area is 287 Å². The van der Waals surface area contributed by atoms with Crippen LogP contribution >= 0.6 is 0 Å². The fourth-order valence-corrected chi connectivity index (χ4v) is 7.13. The third kappa shape index (κ3) is 4.52. The Morgan fingerprint density at radius 3 is 1.82 bits per heavy atom. The highest BCUT2D eigenvalue weighted by molar-refractivity contribution is 6.18. The molecule has 0 amide bonds. The lowest BCUT2D eigenvalue weighted by Gasteiger charge is -2.14. The molecular formula is C45H27N3O2. The van der Waals surface area contributed by atoms with E-state index in [9.17, 15) is 0 Å². The Kier molecular flexibility index (Phi) is 6.42. The molecule has 4 aromatic heterocycles. The van der Waals surface area contributed by atoms with Crippen molar-refractivity contribution in [2.45, 2.75) is 0 Å². The first-order chi connectivity index (χ1) is 24.8. The molecule has 0 aliphatic rings. The molecule has 4 heterocycles. The van der Waals surface area contributed by atoms with Gasteiger partial charge in [-0.05, 0) is 35.9 Å². The highest BCUT2D eigenvalue weighted by Crippen LogP contribution is 2.45. The molecule has 0 N–H and O–H groups in total. The molecule has 5 heteroatoms. The van der Waals surface area contributed by atoms with Crippen molar-refractivity contribution in [3.05, 3.63) is 164 Å². The van der Waals surface area contributed by atoms with Gasteiger partial charge in [0.25, 0.3) is 0 Å². The van der Waals surface area contributed by atoms with Crippen molar-refractivity contribution in [1.29, 1.82) is 0 Å². The number of nitrogens with zero attached hydrogens (tertiary/aromatic N) is 3. The van der Waals surface area contributed by atoms with E-state index in [2.05, 4.69) is 102 Å². The Morgan fingerprint density at radius 2 is 1.00 bits per heavy atom. The first-order valence-corrected chi connectivity index (χ1v) is 16.6. The van der Waals surface area contributed by atoms with Crippen molar-refractivity contribution in [2.24, 2.45) is 0 Å². The molecule has 0 atom stereocenters. The molecule has 5 nitrogen and oxygen atoms in total. The Balaban J connectivity index is 1.25. The standard InChI is InChI=1S/C45H27N3O2/c1-2-12-28(13-3-1)45-47-38(31-16-5-4-15-30(31)29-14-11-25-46-27-29)26-39(48-45)36-24-23-35(44-42(36)37-18-7-9-22-41(37)50-44)34-20-10-19-33-32-17-6-8-21-40(32)49-43(33)34/h1-27H. The molecule has 234 valence electrons. The Bertz CT molecular complexity index is 2870. The largest absolute Gasteiger partial charge is 0.455 e. The second-order valence-electron chi connectivity index (χ2n) is 12.4. The number of aromatic nitrogens is 3. The average Bonchev–Trinajstić information content (AvgIpc) is 3.77. The normalized spacial score (nSPS) is 11.6. The first kappa shape index (κ1) is 28.2. The van der Waals surface area contributed by atoms with Crippen LogP contribution in [0.4, 0.5) is 0 Å². The molecule has 50 heavy (non-hydrogen) atoms. The predicted octanol–water partition coefficient (Wildman–Crippen LogP) is 12.0. The van der Waals surface area contributed by atoms with Crippen molar-refractivity contribution in [3.8, 4) is 56.2 Å². The third-order valence-electron chi connectivity index (χ3n) is 9.43. The summed E-state index contributed by atoms with van der Waals surface area (Å²) in [6, 6.07) is 51.6. The van der Waals surface area contributed by atoms with E-state index in [1.165, 1.54) is 0 Å². The molecule has 0 saturated carbocycles. The van der Waals surface area contributed by atoms with E-state index in [1.807, 2.05) is 60.8 Å². The maximum atomic E-state index is 6.74. The molecule has 6 aromatic carbocycles. The van der Waals surface area contributed by atoms with Crippen molar-refractivity contribution < 1.29 is 8.83 Å². The van der Waals surface area contributed by atoms with Gasteiger partial charge in [-0.3, -0.25) is 4.98 Å². The lowest BCUT2D eigenvalue weighted by Crippen LogP contribution is -1.97. The molecule has 0 saturated heterocycles. The summed E-state index contributed by atoms with van der Waals surface area (Å²) in [5.41, 5.74) is 11.9. The van der Waals surface area contributed by atoms with Gasteiger partial charge in [-0.2, -0.15) is 0 Å². The van der Waals surface area contributed by atoms with Crippen LogP contribution in [-0.4, -0.2) is 15.0 Å². The fourth-order valence-electron chi connectivity index (χ4n) is 7.13. The molecule has 0 bridgehead atoms. The molecule has 0 aliphatic carbocycles. The molecule has 0 unspecified atom stereocenters. The number of para-hydroxylation sites is 3. The van der Waals surface area contributed by atoms with Gasteiger partial charge in [-0.15, -0.1) is 0 Å². The second kappa shape index (κ2) is 11.4. The third-order valence-corrected chi connectivity index (χ3v) is 9.43. The highest BCUT2D eigenvalue weighted by Gasteiger charge is 2.22. The zero-order valence-corrected chi connectivity index (χ0v) is 26.7. The Morgan fingerprint density at radius 1 is 0.400 bits per heavy atom. The van der Waals surface area contributed by atoms with E-state index in [4.69, 9.17) is 18.8 Å². The van der Waals surface area contributed by atoms with Crippen LogP contribution in [-0.2, 0) is 0 Å². The van der Waals surface area contributed by atoms with Crippen LogP contribution in [0.5, 0.6) is 0 Å². The van der Waals surface area contributed by atoms with Gasteiger partial charge in [0.15, 0.2) is 5.82 Å². The number of rotatable bonds is 5. The van der Waals surface area contributed by atoms with Gasteiger partial charge in [0.05, 0.1) is 11.4 Å². The second-order valence-corrected chi connectivity index (χ2v) is 12.4. The number of fused-ring (bicyclic) bond motifs is 6. The average molecular weight is 642 g/mol. The maximum Gasteiger partial charge on any atom is 0.160 e. The van der Waals surface area contributed by atoms with Crippen LogP contribution in [0.1, 0.15) is 0 Å². The molecule has 10 aromatic rings. The zero-order valence-electron chi connectivity index (χ0n) is 26.7. The molecule has 0 spiro atoms. The van der Waals surface area contributed by atoms with E-state index in [1.54, 1.807) is 6.20 Å². The van der Waals surface area contributed by atoms with Crippen LogP contribution in [0.3, 0.4) is 0 Å². The monoisotopic (exact) mass is 641 g/mol. The van der Waals surface area contributed by atoms with Crippen LogP contribution < -0.4 is 0 Å². The first-order valence-electron chi connectivity index (χ1n) is 16.6. The summed E-state index contributed by atoms with van der Waals surface area (Å²) in [4.78, 5) is 14.8. The number of hydrogen-bond donors (Lipinski definition) is 0. The summed E-state index contributed by atoms with van der Waals surface area (Å²) < 4.78 is 13.2. The van der Waals surface area contributed by atoms with E-state index in [0.717, 1.165) is 94.2 Å². The van der Waals surface area contributed by atoms with Crippen molar-refractivity contribution in [1.82, 2.24) is 15.0 Å². The summed E-state index contributed by atoms with van der Waals surface area (Å²) in [7, 11) is 0. The Hall–Kier alpha value is -6.85. The summed E-state index contributed by atoms with van der Waals surface area (Å²) in [5, 5.41) is 4.19. The molecule has 0 aliphatic heterocycles. The number of furan rings is 2. The SMILES string of the molecule is c1ccc(-c2nc(-c3ccccc3-c3cccnc3)cc(-c3ccc(-c4cccc5c4oc4ccccc45)c4oc5ccccc5c34)n2)cc1. The quantitative estimate of drug-likeness (QED) is 0.187. The summed E-state index contributed by atoms with van der Waals surface area (Å²) >= 11 is 0. The summed E-state index contributed by atoms with van der Waals surface area (Å²) in [6.07, 6.45) is 3.68. The number of hydrogen-bond acceptors (Lipinski definition) is 5. The van der Waals surface area contributed by atoms with E-state index in [-0.39, 0.29) is 0 Å². The highest BCUT2D eigenvalue weighted by atomic mass is 16.3. The fraction of sp³-hybridized carbons (Fsp3) is 0. The smallest absolute Gasteiger partial charge is 0.160 e. The van der Waals surface area contributed by atoms with Gasteiger partial charge in [0, 0.05) is 67.3 Å². The van der Waals surface area contributed by atoms with E-state index >= 15 is 0 Å². The van der Waals surface area contributed by atoms with Gasteiger partial charge in [0.2, 0.25) is 0 Å². The van der Waals surface area contributed by atoms with Gasteiger partial charge in [0.1, 0.15) is 22.3 Å². The maximum absolute atomic E-state index is 6.74. The zero-order chi connectivity index (χ0) is 33.0. The van der Waals surface area contributed by atoms with Gasteiger partial charge in [-0.1, -0.05) is 121 Å². The van der Waals surface area contributed by atoms with Crippen LogP contribution in [0.15, 0.2) is 173 Å². The van der Waals surface area contributed by atoms with Crippen LogP contribution in [0.2, 0.25) is 0 Å². The minimum Gasteiger partial charge on any atom is -0.455 e. The lowest BCUT2D eigenvalue weighted by molar-refractivity contribution is 0.665. The van der Waals surface area contributed by atoms with Gasteiger partial charge in [-0.25, -0.2) is 9.97 Å². The van der Waals surface area contributed by atoms with Gasteiger partial charge >= 0.3 is 0 Å². The van der Waals surface area contributed by atoms with Crippen LogP contribution in [0, 0.1) is 0 Å². The van der Waals surface area contributed by atoms with Crippen molar-refractivity contribution >= 4 is 43.9 Å². The molecular weight excluding hydrogens is 615 g/mol. The number of pyridine rings is 1. The minimum atomic E-state index is 0.649. The summed E-state index contributed by atoms with van der Waals surface area (Å²) in [5.74, 6) is 0.649. The molecule has 0 radical (unpaired) electrons. The van der Waals surface area contributed by atoms with E-state index in [0.29, 0.717) is 5.82 Å².